The van der Waals surface area contributed by atoms with E-state index >= 15 is 0 Å². The number of halogens is 2. The number of phenols is 2. The summed E-state index contributed by atoms with van der Waals surface area (Å²) in [7, 11) is -9.66. The molecular formula is C32H22Cl2N6O8S2. The van der Waals surface area contributed by atoms with Gasteiger partial charge in [0, 0.05) is 22.1 Å². The number of nitrogen functional groups attached to an aromatic ring is 2. The molecule has 0 aromatic heterocycles. The average Bonchev–Trinajstić information content (AvgIpc) is 3.04. The Bertz CT molecular complexity index is 2690. The van der Waals surface area contributed by atoms with Crippen molar-refractivity contribution >= 4 is 99.1 Å². The fraction of sp³-hybridized carbons (Fsp3) is 0. The molecule has 0 atom stereocenters. The minimum Gasteiger partial charge on any atom is -0.505 e. The van der Waals surface area contributed by atoms with Crippen molar-refractivity contribution in [1.82, 2.24) is 0 Å². The molecule has 0 amide bonds. The van der Waals surface area contributed by atoms with Crippen LogP contribution in [-0.2, 0) is 20.2 Å². The fourth-order valence-electron chi connectivity index (χ4n) is 5.06. The number of azo groups is 2. The molecule has 0 radical (unpaired) electrons. The molecule has 254 valence electrons. The Labute approximate surface area is 293 Å². The Morgan fingerprint density at radius 1 is 0.520 bits per heavy atom. The smallest absolute Gasteiger partial charge is 0.296 e. The van der Waals surface area contributed by atoms with Crippen LogP contribution in [0.4, 0.5) is 34.1 Å². The van der Waals surface area contributed by atoms with Crippen molar-refractivity contribution in [3.8, 4) is 22.6 Å². The van der Waals surface area contributed by atoms with Gasteiger partial charge in [-0.3, -0.25) is 9.11 Å². The molecule has 0 bridgehead atoms. The third-order valence-electron chi connectivity index (χ3n) is 7.45. The van der Waals surface area contributed by atoms with Crippen LogP contribution in [0.15, 0.2) is 115 Å². The minimum atomic E-state index is -4.84. The number of nitrogens with zero attached hydrogens (tertiary/aromatic N) is 4. The Hall–Kier alpha value is -5.36. The molecule has 18 heteroatoms. The molecule has 0 aliphatic rings. The largest absolute Gasteiger partial charge is 0.505 e. The molecule has 0 heterocycles. The monoisotopic (exact) mass is 752 g/mol. The summed E-state index contributed by atoms with van der Waals surface area (Å²) in [5, 5.41) is 38.5. The lowest BCUT2D eigenvalue weighted by Crippen LogP contribution is -1.99. The number of aromatic hydroxyl groups is 2. The number of anilines is 2. The lowest BCUT2D eigenvalue weighted by Gasteiger charge is -2.10. The quantitative estimate of drug-likeness (QED) is 0.0513. The van der Waals surface area contributed by atoms with Crippen LogP contribution in [0, 0.1) is 0 Å². The first-order valence-electron chi connectivity index (χ1n) is 14.0. The molecule has 6 rings (SSSR count). The van der Waals surface area contributed by atoms with Gasteiger partial charge < -0.3 is 21.7 Å². The van der Waals surface area contributed by atoms with Gasteiger partial charge in [-0.05, 0) is 88.6 Å². The molecule has 0 aliphatic carbocycles. The maximum atomic E-state index is 12.1. The standard InChI is InChI=1S/C32H22Cl2N6O8S2/c33-23-10-15(2-7-25(23)37-39-29-28(50(46,47)48)13-18-9-19(35)5-6-21(18)31(29)41)16-3-8-26(24(34)11-16)38-40-30-27(49(43,44)45)12-17-1-4-20(36)14-22(17)32(30)42/h1-14,41-42H,35-36H2,(H,43,44,45)(H,46,47,48)/b39-37+,40-38+. The van der Waals surface area contributed by atoms with E-state index in [0.29, 0.717) is 22.5 Å². The van der Waals surface area contributed by atoms with Gasteiger partial charge in [-0.2, -0.15) is 16.8 Å². The predicted molar refractivity (Wildman–Crippen MR) is 190 cm³/mol. The molecule has 0 spiro atoms. The van der Waals surface area contributed by atoms with E-state index in [1.165, 1.54) is 60.7 Å². The highest BCUT2D eigenvalue weighted by Crippen LogP contribution is 2.44. The molecule has 0 fully saturated rings. The van der Waals surface area contributed by atoms with Crippen molar-refractivity contribution in [2.24, 2.45) is 20.5 Å². The molecule has 6 aromatic carbocycles. The summed E-state index contributed by atoms with van der Waals surface area (Å²) in [6.45, 7) is 0. The van der Waals surface area contributed by atoms with Crippen LogP contribution in [0.2, 0.25) is 10.0 Å². The van der Waals surface area contributed by atoms with E-state index < -0.39 is 52.9 Å². The number of hydrogen-bond donors (Lipinski definition) is 6. The molecule has 0 unspecified atom stereocenters. The highest BCUT2D eigenvalue weighted by molar-refractivity contribution is 7.86. The van der Waals surface area contributed by atoms with Gasteiger partial charge in [-0.15, -0.1) is 20.5 Å². The van der Waals surface area contributed by atoms with Gasteiger partial charge in [0.2, 0.25) is 0 Å². The predicted octanol–water partition coefficient (Wildman–Crippen LogP) is 8.87. The summed E-state index contributed by atoms with van der Waals surface area (Å²) in [4.78, 5) is -1.36. The summed E-state index contributed by atoms with van der Waals surface area (Å²) in [6.07, 6.45) is 0. The average molecular weight is 754 g/mol. The Morgan fingerprint density at radius 2 is 0.980 bits per heavy atom. The SMILES string of the molecule is Nc1ccc2c(O)c(/N=N/c3ccc(-c4ccc(/N=N/c5c(S(=O)(=O)O)cc6ccc(N)cc6c5O)c(Cl)c4)cc3Cl)c(S(=O)(=O)O)cc2c1. The first-order chi connectivity index (χ1) is 23.5. The van der Waals surface area contributed by atoms with Crippen LogP contribution in [0.3, 0.4) is 0 Å². The second-order valence-electron chi connectivity index (χ2n) is 10.8. The molecule has 0 aliphatic heterocycles. The third-order valence-corrected chi connectivity index (χ3v) is 9.79. The molecule has 50 heavy (non-hydrogen) atoms. The van der Waals surface area contributed by atoms with Crippen molar-refractivity contribution in [3.63, 3.8) is 0 Å². The van der Waals surface area contributed by atoms with Crippen molar-refractivity contribution in [1.29, 1.82) is 0 Å². The van der Waals surface area contributed by atoms with Crippen LogP contribution in [0.5, 0.6) is 11.5 Å². The number of fused-ring (bicyclic) bond motifs is 2. The Balaban J connectivity index is 1.31. The van der Waals surface area contributed by atoms with Crippen LogP contribution < -0.4 is 11.5 Å². The zero-order valence-corrected chi connectivity index (χ0v) is 28.2. The summed E-state index contributed by atoms with van der Waals surface area (Å²) in [6, 6.07) is 20.2. The van der Waals surface area contributed by atoms with E-state index in [9.17, 15) is 36.2 Å². The van der Waals surface area contributed by atoms with Gasteiger partial charge in [0.15, 0.2) is 11.5 Å². The maximum absolute atomic E-state index is 12.1. The molecular weight excluding hydrogens is 731 g/mol. The Kier molecular flexibility index (Phi) is 8.85. The van der Waals surface area contributed by atoms with Gasteiger partial charge in [-0.1, -0.05) is 41.4 Å². The lowest BCUT2D eigenvalue weighted by molar-refractivity contribution is 0.472. The van der Waals surface area contributed by atoms with Crippen molar-refractivity contribution in [2.45, 2.75) is 9.79 Å². The van der Waals surface area contributed by atoms with E-state index in [1.807, 2.05) is 0 Å². The summed E-state index contributed by atoms with van der Waals surface area (Å²) in [5.41, 5.74) is 12.4. The summed E-state index contributed by atoms with van der Waals surface area (Å²) < 4.78 is 68.1. The van der Waals surface area contributed by atoms with E-state index in [2.05, 4.69) is 20.5 Å². The Morgan fingerprint density at radius 3 is 1.48 bits per heavy atom. The van der Waals surface area contributed by atoms with Crippen LogP contribution in [-0.4, -0.2) is 36.2 Å². The van der Waals surface area contributed by atoms with Gasteiger partial charge in [0.1, 0.15) is 32.5 Å². The van der Waals surface area contributed by atoms with Crippen LogP contribution >= 0.6 is 23.2 Å². The van der Waals surface area contributed by atoms with Crippen molar-refractivity contribution in [2.75, 3.05) is 11.5 Å². The highest BCUT2D eigenvalue weighted by atomic mass is 35.5. The van der Waals surface area contributed by atoms with Crippen molar-refractivity contribution < 1.29 is 36.2 Å². The summed E-state index contributed by atoms with van der Waals surface area (Å²) in [5.74, 6) is -1.12. The maximum Gasteiger partial charge on any atom is 0.296 e. The van der Waals surface area contributed by atoms with E-state index in [4.69, 9.17) is 34.7 Å². The second-order valence-corrected chi connectivity index (χ2v) is 14.4. The van der Waals surface area contributed by atoms with Crippen molar-refractivity contribution in [3.05, 3.63) is 95.0 Å². The first kappa shape index (κ1) is 34.5. The topological polar surface area (TPSA) is 251 Å². The van der Waals surface area contributed by atoms with E-state index in [0.717, 1.165) is 12.1 Å². The molecule has 6 aromatic rings. The van der Waals surface area contributed by atoms with Gasteiger partial charge in [0.05, 0.1) is 10.0 Å². The molecule has 0 saturated heterocycles. The minimum absolute atomic E-state index is 0.0790. The molecule has 14 nitrogen and oxygen atoms in total. The number of nitrogens with two attached hydrogens (primary N) is 2. The number of hydrogen-bond acceptors (Lipinski definition) is 12. The molecule has 0 saturated carbocycles. The van der Waals surface area contributed by atoms with E-state index in [1.54, 1.807) is 12.1 Å². The normalized spacial score (nSPS) is 12.5. The zero-order chi connectivity index (χ0) is 36.1. The van der Waals surface area contributed by atoms with Gasteiger partial charge in [-0.25, -0.2) is 0 Å². The third kappa shape index (κ3) is 6.75. The van der Waals surface area contributed by atoms with Crippen LogP contribution in [0.25, 0.3) is 32.7 Å². The second kappa shape index (κ2) is 12.8. The number of phenolic OH excluding ortho intramolecular Hbond substituents is 2. The summed E-state index contributed by atoms with van der Waals surface area (Å²) >= 11 is 12.9. The van der Waals surface area contributed by atoms with Gasteiger partial charge >= 0.3 is 0 Å². The zero-order valence-electron chi connectivity index (χ0n) is 25.0. The van der Waals surface area contributed by atoms with Crippen LogP contribution in [0.1, 0.15) is 0 Å². The fourth-order valence-corrected chi connectivity index (χ4v) is 6.81. The van der Waals surface area contributed by atoms with Gasteiger partial charge in [0.25, 0.3) is 20.2 Å². The highest BCUT2D eigenvalue weighted by Gasteiger charge is 2.24. The number of benzene rings is 6. The molecule has 8 N–H and O–H groups in total. The van der Waals surface area contributed by atoms with E-state index in [-0.39, 0.29) is 43.0 Å². The first-order valence-corrected chi connectivity index (χ1v) is 17.6. The lowest BCUT2D eigenvalue weighted by atomic mass is 10.0. The number of rotatable bonds is 7.